The molecular weight excluding hydrogens is 258 g/mol. The number of rotatable bonds is 3. The van der Waals surface area contributed by atoms with Crippen LogP contribution in [0.15, 0.2) is 12.1 Å². The Labute approximate surface area is 117 Å². The van der Waals surface area contributed by atoms with Crippen LogP contribution in [0.2, 0.25) is 0 Å². The largest absolute Gasteiger partial charge is 0.480 e. The van der Waals surface area contributed by atoms with Gasteiger partial charge in [-0.2, -0.15) is 0 Å². The second-order valence-electron chi connectivity index (χ2n) is 5.08. The standard InChI is InChI=1S/C14H19N3O3/c1-9-6-7-10(12(15)18)13(16-9)17-8-4-2-3-5-11(17)14(19)20/h6-7,11H,2-5,8H2,1H3,(H2,15,18)(H,19,20). The molecule has 108 valence electrons. The number of carboxylic acid groups (broad SMARTS) is 1. The summed E-state index contributed by atoms with van der Waals surface area (Å²) in [7, 11) is 0. The topological polar surface area (TPSA) is 96.5 Å². The predicted molar refractivity (Wildman–Crippen MR) is 74.7 cm³/mol. The van der Waals surface area contributed by atoms with Gasteiger partial charge in [-0.3, -0.25) is 4.79 Å². The molecule has 1 amide bonds. The van der Waals surface area contributed by atoms with Crippen molar-refractivity contribution in [1.29, 1.82) is 0 Å². The molecule has 3 N–H and O–H groups in total. The van der Waals surface area contributed by atoms with Crippen molar-refractivity contribution in [2.75, 3.05) is 11.4 Å². The third-order valence-corrected chi connectivity index (χ3v) is 3.59. The van der Waals surface area contributed by atoms with E-state index in [1.807, 2.05) is 6.92 Å². The first-order chi connectivity index (χ1) is 9.50. The first-order valence-electron chi connectivity index (χ1n) is 6.77. The highest BCUT2D eigenvalue weighted by Gasteiger charge is 2.30. The number of carboxylic acids is 1. The second kappa shape index (κ2) is 5.90. The maximum Gasteiger partial charge on any atom is 0.326 e. The van der Waals surface area contributed by atoms with Crippen LogP contribution in [0.3, 0.4) is 0 Å². The third-order valence-electron chi connectivity index (χ3n) is 3.59. The van der Waals surface area contributed by atoms with Gasteiger partial charge in [-0.1, -0.05) is 12.8 Å². The lowest BCUT2D eigenvalue weighted by molar-refractivity contribution is -0.138. The molecule has 1 aliphatic rings. The smallest absolute Gasteiger partial charge is 0.326 e. The van der Waals surface area contributed by atoms with E-state index in [1.54, 1.807) is 17.0 Å². The van der Waals surface area contributed by atoms with E-state index < -0.39 is 17.9 Å². The molecule has 1 saturated heterocycles. The van der Waals surface area contributed by atoms with E-state index in [9.17, 15) is 14.7 Å². The summed E-state index contributed by atoms with van der Waals surface area (Å²) < 4.78 is 0. The Morgan fingerprint density at radius 1 is 1.35 bits per heavy atom. The van der Waals surface area contributed by atoms with E-state index in [-0.39, 0.29) is 5.56 Å². The number of pyridine rings is 1. The number of aryl methyl sites for hydroxylation is 1. The van der Waals surface area contributed by atoms with Crippen LogP contribution in [0.1, 0.15) is 41.7 Å². The van der Waals surface area contributed by atoms with E-state index >= 15 is 0 Å². The maximum atomic E-state index is 11.5. The highest BCUT2D eigenvalue weighted by molar-refractivity contribution is 5.98. The number of primary amides is 1. The van der Waals surface area contributed by atoms with E-state index in [0.717, 1.165) is 25.0 Å². The summed E-state index contributed by atoms with van der Waals surface area (Å²) in [4.78, 5) is 29.1. The predicted octanol–water partition coefficient (Wildman–Crippen LogP) is 1.32. The molecule has 1 unspecified atom stereocenters. The van der Waals surface area contributed by atoms with E-state index in [4.69, 9.17) is 5.73 Å². The van der Waals surface area contributed by atoms with Crippen LogP contribution in [-0.4, -0.2) is 34.6 Å². The minimum atomic E-state index is -0.884. The highest BCUT2D eigenvalue weighted by Crippen LogP contribution is 2.26. The molecule has 0 aliphatic carbocycles. The number of amides is 1. The number of hydrogen-bond acceptors (Lipinski definition) is 4. The van der Waals surface area contributed by atoms with Crippen LogP contribution in [-0.2, 0) is 4.79 Å². The van der Waals surface area contributed by atoms with Crippen molar-refractivity contribution in [3.8, 4) is 0 Å². The fourth-order valence-electron chi connectivity index (χ4n) is 2.57. The van der Waals surface area contributed by atoms with Crippen molar-refractivity contribution in [2.24, 2.45) is 5.73 Å². The lowest BCUT2D eigenvalue weighted by atomic mass is 10.1. The number of hydrogen-bond donors (Lipinski definition) is 2. The van der Waals surface area contributed by atoms with Crippen molar-refractivity contribution in [1.82, 2.24) is 4.98 Å². The van der Waals surface area contributed by atoms with Gasteiger partial charge in [0.1, 0.15) is 11.9 Å². The lowest BCUT2D eigenvalue weighted by Crippen LogP contribution is -2.42. The molecule has 1 aromatic heterocycles. The zero-order valence-electron chi connectivity index (χ0n) is 11.5. The average molecular weight is 277 g/mol. The monoisotopic (exact) mass is 277 g/mol. The summed E-state index contributed by atoms with van der Waals surface area (Å²) in [6.45, 7) is 2.38. The Balaban J connectivity index is 2.47. The molecule has 0 saturated carbocycles. The highest BCUT2D eigenvalue weighted by atomic mass is 16.4. The fraction of sp³-hybridized carbons (Fsp3) is 0.500. The minimum Gasteiger partial charge on any atom is -0.480 e. The van der Waals surface area contributed by atoms with Gasteiger partial charge in [0.25, 0.3) is 5.91 Å². The van der Waals surface area contributed by atoms with Gasteiger partial charge in [-0.25, -0.2) is 9.78 Å². The molecule has 0 spiro atoms. The van der Waals surface area contributed by atoms with Crippen molar-refractivity contribution < 1.29 is 14.7 Å². The maximum absolute atomic E-state index is 11.5. The van der Waals surface area contributed by atoms with Crippen LogP contribution in [0.25, 0.3) is 0 Å². The zero-order chi connectivity index (χ0) is 14.7. The summed E-state index contributed by atoms with van der Waals surface area (Å²) in [6, 6.07) is 2.67. The lowest BCUT2D eigenvalue weighted by Gasteiger charge is -2.29. The molecule has 20 heavy (non-hydrogen) atoms. The molecule has 2 heterocycles. The molecule has 1 aromatic rings. The first-order valence-corrected chi connectivity index (χ1v) is 6.77. The van der Waals surface area contributed by atoms with Gasteiger partial charge in [0, 0.05) is 12.2 Å². The summed E-state index contributed by atoms with van der Waals surface area (Å²) in [5.74, 6) is -1.07. The quantitative estimate of drug-likeness (QED) is 0.868. The third kappa shape index (κ3) is 2.89. The van der Waals surface area contributed by atoms with E-state index in [2.05, 4.69) is 4.98 Å². The van der Waals surface area contributed by atoms with Crippen LogP contribution < -0.4 is 10.6 Å². The van der Waals surface area contributed by atoms with Gasteiger partial charge < -0.3 is 15.7 Å². The van der Waals surface area contributed by atoms with Crippen molar-refractivity contribution in [3.05, 3.63) is 23.4 Å². The summed E-state index contributed by atoms with van der Waals surface area (Å²) >= 11 is 0. The Morgan fingerprint density at radius 3 is 2.75 bits per heavy atom. The van der Waals surface area contributed by atoms with Crippen molar-refractivity contribution in [3.63, 3.8) is 0 Å². The Kier molecular flexibility index (Phi) is 4.22. The van der Waals surface area contributed by atoms with Crippen LogP contribution in [0, 0.1) is 6.92 Å². The SMILES string of the molecule is Cc1ccc(C(N)=O)c(N2CCCCCC2C(=O)O)n1. The summed E-state index contributed by atoms with van der Waals surface area (Å²) in [6.07, 6.45) is 3.30. The molecule has 6 nitrogen and oxygen atoms in total. The summed E-state index contributed by atoms with van der Waals surface area (Å²) in [5.41, 5.74) is 6.39. The minimum absolute atomic E-state index is 0.281. The molecule has 1 aliphatic heterocycles. The second-order valence-corrected chi connectivity index (χ2v) is 5.08. The number of nitrogens with zero attached hydrogens (tertiary/aromatic N) is 2. The molecule has 0 radical (unpaired) electrons. The Morgan fingerprint density at radius 2 is 2.10 bits per heavy atom. The fourth-order valence-corrected chi connectivity index (χ4v) is 2.57. The van der Waals surface area contributed by atoms with Gasteiger partial charge in [0.15, 0.2) is 0 Å². The molecular formula is C14H19N3O3. The summed E-state index contributed by atoms with van der Waals surface area (Å²) in [5, 5.41) is 9.41. The van der Waals surface area contributed by atoms with Crippen molar-refractivity contribution >= 4 is 17.7 Å². The van der Waals surface area contributed by atoms with Crippen molar-refractivity contribution in [2.45, 2.75) is 38.6 Å². The number of anilines is 1. The van der Waals surface area contributed by atoms with E-state index in [0.29, 0.717) is 18.8 Å². The van der Waals surface area contributed by atoms with Gasteiger partial charge in [0.05, 0.1) is 5.56 Å². The number of carbonyl (C=O) groups excluding carboxylic acids is 1. The zero-order valence-corrected chi connectivity index (χ0v) is 11.5. The number of aliphatic carboxylic acids is 1. The van der Waals surface area contributed by atoms with Gasteiger partial charge >= 0.3 is 5.97 Å². The number of carbonyl (C=O) groups is 2. The number of aromatic nitrogens is 1. The van der Waals surface area contributed by atoms with Gasteiger partial charge in [-0.05, 0) is 31.9 Å². The molecule has 0 aromatic carbocycles. The normalized spacial score (nSPS) is 19.4. The average Bonchev–Trinajstić information content (AvgIpc) is 2.63. The Bertz CT molecular complexity index is 530. The Hall–Kier alpha value is -2.11. The van der Waals surface area contributed by atoms with Gasteiger partial charge in [0.2, 0.25) is 0 Å². The molecule has 6 heteroatoms. The molecule has 1 atom stereocenters. The molecule has 1 fully saturated rings. The van der Waals surface area contributed by atoms with Crippen LogP contribution in [0.5, 0.6) is 0 Å². The first kappa shape index (κ1) is 14.3. The molecule has 0 bridgehead atoms. The van der Waals surface area contributed by atoms with Gasteiger partial charge in [-0.15, -0.1) is 0 Å². The molecule has 2 rings (SSSR count). The van der Waals surface area contributed by atoms with Crippen LogP contribution in [0.4, 0.5) is 5.82 Å². The van der Waals surface area contributed by atoms with E-state index in [1.165, 1.54) is 0 Å². The number of nitrogens with two attached hydrogens (primary N) is 1. The van der Waals surface area contributed by atoms with Crippen LogP contribution >= 0.6 is 0 Å².